The second-order valence-electron chi connectivity index (χ2n) is 4.05. The van der Waals surface area contributed by atoms with Gasteiger partial charge in [-0.2, -0.15) is 4.31 Å². The lowest BCUT2D eigenvalue weighted by molar-refractivity contribution is 0.138. The van der Waals surface area contributed by atoms with Crippen molar-refractivity contribution in [2.75, 3.05) is 33.4 Å². The van der Waals surface area contributed by atoms with E-state index in [1.807, 2.05) is 13.8 Å². The topological polar surface area (TPSA) is 58.6 Å². The van der Waals surface area contributed by atoms with Gasteiger partial charge in [0, 0.05) is 37.0 Å². The maximum Gasteiger partial charge on any atom is 0.243 e. The van der Waals surface area contributed by atoms with Crippen LogP contribution in [-0.2, 0) is 21.3 Å². The lowest BCUT2D eigenvalue weighted by atomic mass is 10.4. The Bertz CT molecular complexity index is 471. The minimum atomic E-state index is -3.39. The van der Waals surface area contributed by atoms with Crippen LogP contribution in [0.3, 0.4) is 0 Å². The van der Waals surface area contributed by atoms with Crippen molar-refractivity contribution in [3.8, 4) is 0 Å². The first-order chi connectivity index (χ1) is 9.02. The molecule has 19 heavy (non-hydrogen) atoms. The molecule has 0 unspecified atom stereocenters. The molecule has 0 radical (unpaired) electrons. The summed E-state index contributed by atoms with van der Waals surface area (Å²) >= 11 is 1.46. The molecular weight excluding hydrogens is 284 g/mol. The van der Waals surface area contributed by atoms with Crippen LogP contribution >= 0.6 is 11.3 Å². The highest BCUT2D eigenvalue weighted by Gasteiger charge is 2.21. The molecule has 0 fully saturated rings. The lowest BCUT2D eigenvalue weighted by Crippen LogP contribution is -2.30. The van der Waals surface area contributed by atoms with Gasteiger partial charge >= 0.3 is 0 Å². The maximum atomic E-state index is 12.3. The van der Waals surface area contributed by atoms with E-state index < -0.39 is 10.0 Å². The third-order valence-corrected chi connectivity index (χ3v) is 5.56. The van der Waals surface area contributed by atoms with E-state index in [0.29, 0.717) is 31.2 Å². The van der Waals surface area contributed by atoms with Crippen LogP contribution in [0.15, 0.2) is 16.3 Å². The van der Waals surface area contributed by atoms with Crippen LogP contribution in [0.4, 0.5) is 0 Å². The van der Waals surface area contributed by atoms with Crippen LogP contribution in [0.1, 0.15) is 18.7 Å². The monoisotopic (exact) mass is 306 g/mol. The van der Waals surface area contributed by atoms with Crippen LogP contribution in [-0.4, -0.2) is 46.1 Å². The van der Waals surface area contributed by atoms with Gasteiger partial charge in [-0.25, -0.2) is 8.42 Å². The van der Waals surface area contributed by atoms with Crippen molar-refractivity contribution in [1.82, 2.24) is 9.62 Å². The number of likely N-dealkylation sites (N-methyl/N-ethyl adjacent to an activating group) is 1. The Morgan fingerprint density at radius 3 is 2.79 bits per heavy atom. The highest BCUT2D eigenvalue weighted by Crippen LogP contribution is 2.21. The van der Waals surface area contributed by atoms with Gasteiger partial charge in [-0.3, -0.25) is 0 Å². The molecule has 1 heterocycles. The molecule has 7 heteroatoms. The fourth-order valence-electron chi connectivity index (χ4n) is 1.47. The Balaban J connectivity index is 2.68. The number of hydrogen-bond acceptors (Lipinski definition) is 5. The lowest BCUT2D eigenvalue weighted by Gasteiger charge is -2.15. The van der Waals surface area contributed by atoms with Gasteiger partial charge < -0.3 is 10.1 Å². The molecule has 0 saturated heterocycles. The molecule has 1 N–H and O–H groups in total. The summed E-state index contributed by atoms with van der Waals surface area (Å²) in [5.41, 5.74) is 0. The molecule has 1 aromatic rings. The van der Waals surface area contributed by atoms with Crippen LogP contribution < -0.4 is 5.32 Å². The van der Waals surface area contributed by atoms with Crippen molar-refractivity contribution in [2.24, 2.45) is 0 Å². The van der Waals surface area contributed by atoms with Gasteiger partial charge in [-0.05, 0) is 19.5 Å². The minimum absolute atomic E-state index is 0.365. The van der Waals surface area contributed by atoms with E-state index in [-0.39, 0.29) is 0 Å². The van der Waals surface area contributed by atoms with Crippen molar-refractivity contribution >= 4 is 21.4 Å². The van der Waals surface area contributed by atoms with Gasteiger partial charge in [0.1, 0.15) is 0 Å². The molecule has 0 aliphatic carbocycles. The average Bonchev–Trinajstić information content (AvgIpc) is 2.85. The molecule has 5 nitrogen and oxygen atoms in total. The van der Waals surface area contributed by atoms with E-state index in [9.17, 15) is 8.42 Å². The summed E-state index contributed by atoms with van der Waals surface area (Å²) in [6.45, 7) is 6.87. The normalized spacial score (nSPS) is 12.2. The zero-order valence-electron chi connectivity index (χ0n) is 11.7. The van der Waals surface area contributed by atoms with Crippen LogP contribution in [0, 0.1) is 0 Å². The predicted octanol–water partition coefficient (Wildman–Crippen LogP) is 1.51. The highest BCUT2D eigenvalue weighted by atomic mass is 32.2. The molecule has 0 aliphatic heterocycles. The number of rotatable bonds is 9. The Kier molecular flexibility index (Phi) is 6.95. The molecule has 0 aromatic carbocycles. The van der Waals surface area contributed by atoms with Crippen LogP contribution in [0.2, 0.25) is 0 Å². The number of nitrogens with zero attached hydrogens (tertiary/aromatic N) is 1. The third kappa shape index (κ3) is 4.85. The summed E-state index contributed by atoms with van der Waals surface area (Å²) in [6, 6.07) is 1.74. The van der Waals surface area contributed by atoms with Crippen molar-refractivity contribution in [3.05, 3.63) is 16.3 Å². The van der Waals surface area contributed by atoms with E-state index >= 15 is 0 Å². The SMILES string of the molecule is CCNCc1cc(S(=O)(=O)N(C)CCOCC)cs1. The summed E-state index contributed by atoms with van der Waals surface area (Å²) < 4.78 is 31.1. The summed E-state index contributed by atoms with van der Waals surface area (Å²) in [6.07, 6.45) is 0. The number of thiophene rings is 1. The Morgan fingerprint density at radius 2 is 2.16 bits per heavy atom. The van der Waals surface area contributed by atoms with Crippen molar-refractivity contribution in [2.45, 2.75) is 25.3 Å². The summed E-state index contributed by atoms with van der Waals surface area (Å²) in [7, 11) is -1.81. The van der Waals surface area contributed by atoms with Gasteiger partial charge in [0.05, 0.1) is 11.5 Å². The van der Waals surface area contributed by atoms with Crippen LogP contribution in [0.5, 0.6) is 0 Å². The fourth-order valence-corrected chi connectivity index (χ4v) is 3.86. The minimum Gasteiger partial charge on any atom is -0.380 e. The summed E-state index contributed by atoms with van der Waals surface area (Å²) in [5.74, 6) is 0. The van der Waals surface area contributed by atoms with Gasteiger partial charge in [0.25, 0.3) is 0 Å². The number of hydrogen-bond donors (Lipinski definition) is 1. The molecule has 1 rings (SSSR count). The van der Waals surface area contributed by atoms with E-state index in [4.69, 9.17) is 4.74 Å². The Hall–Kier alpha value is -0.470. The Labute approximate surface area is 119 Å². The van der Waals surface area contributed by atoms with Crippen molar-refractivity contribution in [3.63, 3.8) is 0 Å². The molecule has 1 aromatic heterocycles. The highest BCUT2D eigenvalue weighted by molar-refractivity contribution is 7.89. The molecule has 0 spiro atoms. The third-order valence-electron chi connectivity index (χ3n) is 2.64. The molecule has 0 saturated carbocycles. The molecule has 0 atom stereocenters. The van der Waals surface area contributed by atoms with E-state index in [0.717, 1.165) is 11.4 Å². The first-order valence-corrected chi connectivity index (χ1v) is 8.66. The van der Waals surface area contributed by atoms with E-state index in [1.54, 1.807) is 18.5 Å². The van der Waals surface area contributed by atoms with E-state index in [1.165, 1.54) is 15.6 Å². The smallest absolute Gasteiger partial charge is 0.243 e. The molecule has 0 amide bonds. The van der Waals surface area contributed by atoms with Gasteiger partial charge in [-0.15, -0.1) is 11.3 Å². The van der Waals surface area contributed by atoms with Gasteiger partial charge in [0.2, 0.25) is 10.0 Å². The standard InChI is InChI=1S/C12H22N2O3S2/c1-4-13-9-11-8-12(10-18-11)19(15,16)14(3)6-7-17-5-2/h8,10,13H,4-7,9H2,1-3H3. The van der Waals surface area contributed by atoms with Gasteiger partial charge in [-0.1, -0.05) is 6.92 Å². The molecule has 110 valence electrons. The van der Waals surface area contributed by atoms with Crippen molar-refractivity contribution < 1.29 is 13.2 Å². The fraction of sp³-hybridized carbons (Fsp3) is 0.667. The zero-order chi connectivity index (χ0) is 14.3. The van der Waals surface area contributed by atoms with Crippen molar-refractivity contribution in [1.29, 1.82) is 0 Å². The van der Waals surface area contributed by atoms with E-state index in [2.05, 4.69) is 5.32 Å². The molecule has 0 bridgehead atoms. The summed E-state index contributed by atoms with van der Waals surface area (Å²) in [4.78, 5) is 1.39. The number of ether oxygens (including phenoxy) is 1. The first kappa shape index (κ1) is 16.6. The van der Waals surface area contributed by atoms with Gasteiger partial charge in [0.15, 0.2) is 0 Å². The largest absolute Gasteiger partial charge is 0.380 e. The second kappa shape index (κ2) is 7.96. The molecular formula is C12H22N2O3S2. The number of sulfonamides is 1. The zero-order valence-corrected chi connectivity index (χ0v) is 13.3. The Morgan fingerprint density at radius 1 is 1.42 bits per heavy atom. The maximum absolute atomic E-state index is 12.3. The van der Waals surface area contributed by atoms with Crippen LogP contribution in [0.25, 0.3) is 0 Å². The predicted molar refractivity (Wildman–Crippen MR) is 78.0 cm³/mol. The molecule has 0 aliphatic rings. The summed E-state index contributed by atoms with van der Waals surface area (Å²) in [5, 5.41) is 4.88. The number of nitrogens with one attached hydrogen (secondary N) is 1. The first-order valence-electron chi connectivity index (χ1n) is 6.34. The quantitative estimate of drug-likeness (QED) is 0.703. The average molecular weight is 306 g/mol. The second-order valence-corrected chi connectivity index (χ2v) is 7.09.